The Labute approximate surface area is 281 Å². The summed E-state index contributed by atoms with van der Waals surface area (Å²) in [6, 6.07) is 6.79. The topological polar surface area (TPSA) is 135 Å². The van der Waals surface area contributed by atoms with E-state index in [0.29, 0.717) is 63.6 Å². The summed E-state index contributed by atoms with van der Waals surface area (Å²) in [4.78, 5) is 48.4. The molecule has 0 aliphatic carbocycles. The molecule has 14 nitrogen and oxygen atoms in total. The SMILES string of the molecule is CC(=O)N1CCC(N2CCN3C(=O)c4ccccc4OCC[C@@H]4CC[C@@H](n5cc(CN6CCOCC6)nn5)[C@@H](CNC(=O)[C@@H]3C2)O4)CC1. The Balaban J connectivity index is 1.10. The van der Waals surface area contributed by atoms with Crippen molar-refractivity contribution in [3.8, 4) is 5.75 Å². The highest BCUT2D eigenvalue weighted by Gasteiger charge is 2.41. The zero-order valence-corrected chi connectivity index (χ0v) is 27.9. The van der Waals surface area contributed by atoms with Crippen LogP contribution in [0.5, 0.6) is 5.75 Å². The maximum Gasteiger partial charge on any atom is 0.258 e. The van der Waals surface area contributed by atoms with Crippen LogP contribution in [0.2, 0.25) is 0 Å². The number of hydrogen-bond acceptors (Lipinski definition) is 10. The van der Waals surface area contributed by atoms with Crippen LogP contribution in [0.4, 0.5) is 0 Å². The predicted octanol–water partition coefficient (Wildman–Crippen LogP) is 0.935. The zero-order chi connectivity index (χ0) is 33.0. The fourth-order valence-electron chi connectivity index (χ4n) is 7.88. The van der Waals surface area contributed by atoms with Crippen molar-refractivity contribution in [1.82, 2.24) is 39.9 Å². The largest absolute Gasteiger partial charge is 0.493 e. The van der Waals surface area contributed by atoms with E-state index in [1.807, 2.05) is 34.0 Å². The number of aromatic nitrogens is 3. The van der Waals surface area contributed by atoms with Crippen LogP contribution in [0.25, 0.3) is 0 Å². The molecule has 4 fully saturated rings. The Hall–Kier alpha value is -3.59. The minimum absolute atomic E-state index is 0.0483. The number of rotatable bonds is 4. The van der Waals surface area contributed by atoms with E-state index < -0.39 is 6.04 Å². The molecule has 2 bridgehead atoms. The number of carbonyl (C=O) groups excluding carboxylic acids is 3. The molecule has 5 aliphatic heterocycles. The molecule has 5 aliphatic rings. The Kier molecular flexibility index (Phi) is 10.2. The van der Waals surface area contributed by atoms with Crippen LogP contribution in [0.15, 0.2) is 30.5 Å². The summed E-state index contributed by atoms with van der Waals surface area (Å²) in [5.74, 6) is 0.234. The van der Waals surface area contributed by atoms with Gasteiger partial charge in [0, 0.05) is 78.3 Å². The Morgan fingerprint density at radius 2 is 1.77 bits per heavy atom. The van der Waals surface area contributed by atoms with Gasteiger partial charge >= 0.3 is 0 Å². The smallest absolute Gasteiger partial charge is 0.258 e. The van der Waals surface area contributed by atoms with Crippen molar-refractivity contribution in [2.24, 2.45) is 0 Å². The van der Waals surface area contributed by atoms with Crippen LogP contribution >= 0.6 is 0 Å². The third kappa shape index (κ3) is 7.36. The molecule has 48 heavy (non-hydrogen) atoms. The first-order valence-corrected chi connectivity index (χ1v) is 17.6. The van der Waals surface area contributed by atoms with E-state index in [0.717, 1.165) is 64.2 Å². The number of para-hydroxylation sites is 1. The highest BCUT2D eigenvalue weighted by atomic mass is 16.5. The third-order valence-electron chi connectivity index (χ3n) is 10.7. The Bertz CT molecular complexity index is 1440. The van der Waals surface area contributed by atoms with Crippen molar-refractivity contribution in [3.05, 3.63) is 41.7 Å². The van der Waals surface area contributed by atoms with Crippen molar-refractivity contribution in [3.63, 3.8) is 0 Å². The monoisotopic (exact) mass is 664 g/mol. The van der Waals surface area contributed by atoms with Gasteiger partial charge in [-0.15, -0.1) is 5.10 Å². The first kappa shape index (κ1) is 32.9. The molecular weight excluding hydrogens is 616 g/mol. The molecule has 4 atom stereocenters. The molecule has 6 heterocycles. The van der Waals surface area contributed by atoms with Gasteiger partial charge < -0.3 is 29.3 Å². The van der Waals surface area contributed by atoms with E-state index in [1.165, 1.54) is 0 Å². The number of ether oxygens (including phenoxy) is 3. The average Bonchev–Trinajstić information content (AvgIpc) is 3.58. The summed E-state index contributed by atoms with van der Waals surface area (Å²) in [5, 5.41) is 12.2. The fraction of sp³-hybridized carbons (Fsp3) is 0.676. The van der Waals surface area contributed by atoms with Gasteiger partial charge in [0.2, 0.25) is 11.8 Å². The Morgan fingerprint density at radius 3 is 2.58 bits per heavy atom. The number of hydrogen-bond donors (Lipinski definition) is 1. The molecule has 4 saturated heterocycles. The predicted molar refractivity (Wildman–Crippen MR) is 174 cm³/mol. The lowest BCUT2D eigenvalue weighted by Gasteiger charge is -2.46. The van der Waals surface area contributed by atoms with Crippen LogP contribution < -0.4 is 10.1 Å². The van der Waals surface area contributed by atoms with Gasteiger partial charge in [-0.05, 0) is 37.8 Å². The van der Waals surface area contributed by atoms with Crippen molar-refractivity contribution >= 4 is 17.7 Å². The van der Waals surface area contributed by atoms with E-state index in [9.17, 15) is 14.4 Å². The second-order valence-corrected chi connectivity index (χ2v) is 13.6. The van der Waals surface area contributed by atoms with Crippen LogP contribution in [0.1, 0.15) is 61.1 Å². The van der Waals surface area contributed by atoms with E-state index in [-0.39, 0.29) is 42.0 Å². The first-order chi connectivity index (χ1) is 23.4. The molecule has 3 amide bonds. The van der Waals surface area contributed by atoms with Gasteiger partial charge in [-0.25, -0.2) is 4.68 Å². The highest BCUT2D eigenvalue weighted by molar-refractivity contribution is 6.00. The van der Waals surface area contributed by atoms with E-state index in [4.69, 9.17) is 14.2 Å². The molecule has 14 heteroatoms. The number of likely N-dealkylation sites (tertiary alicyclic amines) is 1. The standard InChI is InChI=1S/C34H48N8O6/c1-24(43)39-11-8-26(9-12-39)40-13-14-41-30(23-40)33(44)35-20-32-29(42-22-25(36-37-42)21-38-15-18-46-19-16-38)7-6-27(48-32)10-17-47-31-5-3-2-4-28(31)34(41)45/h2-5,22,26-27,29-30,32H,6-21,23H2,1H3,(H,35,44)/t27-,29+,30-,32+/m0/s1. The molecule has 0 spiro atoms. The molecule has 7 rings (SSSR count). The van der Waals surface area contributed by atoms with Gasteiger partial charge in [-0.1, -0.05) is 17.3 Å². The number of nitrogens with zero attached hydrogens (tertiary/aromatic N) is 7. The molecule has 0 radical (unpaired) electrons. The van der Waals surface area contributed by atoms with E-state index in [1.54, 1.807) is 17.9 Å². The molecular formula is C34H48N8O6. The van der Waals surface area contributed by atoms with Crippen molar-refractivity contribution in [2.75, 3.05) is 72.2 Å². The summed E-state index contributed by atoms with van der Waals surface area (Å²) in [6.07, 6.45) is 5.67. The van der Waals surface area contributed by atoms with E-state index in [2.05, 4.69) is 25.4 Å². The van der Waals surface area contributed by atoms with Crippen LogP contribution in [-0.2, 0) is 25.6 Å². The van der Waals surface area contributed by atoms with Crippen molar-refractivity contribution < 1.29 is 28.6 Å². The normalized spacial score (nSPS) is 28.5. The number of benzene rings is 1. The lowest BCUT2D eigenvalue weighted by molar-refractivity contribution is -0.132. The molecule has 2 aromatic rings. The molecule has 1 aromatic heterocycles. The highest BCUT2D eigenvalue weighted by Crippen LogP contribution is 2.32. The lowest BCUT2D eigenvalue weighted by atomic mass is 9.96. The van der Waals surface area contributed by atoms with Crippen LogP contribution in [0, 0.1) is 0 Å². The zero-order valence-electron chi connectivity index (χ0n) is 27.9. The molecule has 1 aromatic carbocycles. The summed E-state index contributed by atoms with van der Waals surface area (Å²) < 4.78 is 20.3. The maximum atomic E-state index is 14.2. The summed E-state index contributed by atoms with van der Waals surface area (Å²) in [6.45, 7) is 9.18. The number of nitrogens with one attached hydrogen (secondary N) is 1. The second kappa shape index (κ2) is 14.9. The number of piperidine rings is 1. The van der Waals surface area contributed by atoms with Crippen molar-refractivity contribution in [2.45, 2.75) is 75.9 Å². The summed E-state index contributed by atoms with van der Waals surface area (Å²) in [5.41, 5.74) is 1.37. The number of carbonyl (C=O) groups is 3. The number of amides is 3. The maximum absolute atomic E-state index is 14.2. The van der Waals surface area contributed by atoms with Gasteiger partial charge in [0.15, 0.2) is 0 Å². The van der Waals surface area contributed by atoms with Gasteiger partial charge in [0.25, 0.3) is 5.91 Å². The van der Waals surface area contributed by atoms with E-state index >= 15 is 0 Å². The minimum atomic E-state index is -0.683. The van der Waals surface area contributed by atoms with Gasteiger partial charge in [-0.3, -0.25) is 24.2 Å². The lowest BCUT2D eigenvalue weighted by Crippen LogP contribution is -2.63. The minimum Gasteiger partial charge on any atom is -0.493 e. The average molecular weight is 665 g/mol. The summed E-state index contributed by atoms with van der Waals surface area (Å²) in [7, 11) is 0. The van der Waals surface area contributed by atoms with Gasteiger partial charge in [-0.2, -0.15) is 0 Å². The number of morpholine rings is 1. The molecule has 0 unspecified atom stereocenters. The van der Waals surface area contributed by atoms with Crippen molar-refractivity contribution in [1.29, 1.82) is 0 Å². The fourth-order valence-corrected chi connectivity index (χ4v) is 7.88. The van der Waals surface area contributed by atoms with Crippen LogP contribution in [-0.4, -0.2) is 149 Å². The van der Waals surface area contributed by atoms with Gasteiger partial charge in [0.1, 0.15) is 11.8 Å². The molecule has 1 N–H and O–H groups in total. The number of piperazine rings is 1. The molecule has 0 saturated carbocycles. The first-order valence-electron chi connectivity index (χ1n) is 17.6. The second-order valence-electron chi connectivity index (χ2n) is 13.6. The number of fused-ring (bicyclic) bond motifs is 4. The summed E-state index contributed by atoms with van der Waals surface area (Å²) >= 11 is 0. The molecule has 260 valence electrons. The third-order valence-corrected chi connectivity index (χ3v) is 10.7. The quantitative estimate of drug-likeness (QED) is 0.503. The Morgan fingerprint density at radius 1 is 0.958 bits per heavy atom. The van der Waals surface area contributed by atoms with Gasteiger partial charge in [0.05, 0.1) is 55.5 Å². The van der Waals surface area contributed by atoms with Crippen LogP contribution in [0.3, 0.4) is 0 Å².